The minimum atomic E-state index is -0.0361. The largest absolute Gasteiger partial charge is 0.378 e. The number of ether oxygens (including phenoxy) is 1. The summed E-state index contributed by atoms with van der Waals surface area (Å²) in [4.78, 5) is 0. The molecule has 5 heteroatoms. The normalized spacial score (nSPS) is 23.1. The van der Waals surface area contributed by atoms with E-state index in [0.29, 0.717) is 17.2 Å². The number of nitriles is 1. The molecule has 0 bridgehead atoms. The van der Waals surface area contributed by atoms with Crippen LogP contribution in [0.15, 0.2) is 18.2 Å². The Morgan fingerprint density at radius 2 is 1.96 bits per heavy atom. The summed E-state index contributed by atoms with van der Waals surface area (Å²) in [6, 6.07) is 8.13. The van der Waals surface area contributed by atoms with Gasteiger partial charge in [-0.15, -0.1) is 16.6 Å². The zero-order chi connectivity index (χ0) is 19.7. The number of terminal acetylenes is 1. The molecule has 2 aliphatic rings. The summed E-state index contributed by atoms with van der Waals surface area (Å²) >= 11 is 0. The molecule has 28 heavy (non-hydrogen) atoms. The lowest BCUT2D eigenvalue weighted by molar-refractivity contribution is -0.0625. The fourth-order valence-corrected chi connectivity index (χ4v) is 4.36. The van der Waals surface area contributed by atoms with Gasteiger partial charge in [-0.1, -0.05) is 12.0 Å². The Balaban J connectivity index is 1.70. The maximum Gasteiger partial charge on any atom is 0.152 e. The summed E-state index contributed by atoms with van der Waals surface area (Å²) in [6.45, 7) is 2.14. The molecule has 142 valence electrons. The number of anilines is 1. The van der Waals surface area contributed by atoms with Crippen molar-refractivity contribution in [2.45, 2.75) is 57.1 Å². The third kappa shape index (κ3) is 3.23. The van der Waals surface area contributed by atoms with Crippen LogP contribution in [0, 0.1) is 23.7 Å². The number of nitrogens with zero attached hydrogens (tertiary/aromatic N) is 3. The first-order valence-corrected chi connectivity index (χ1v) is 9.78. The molecule has 2 aromatic rings. The van der Waals surface area contributed by atoms with Gasteiger partial charge in [0.05, 0.1) is 22.9 Å². The molecule has 0 spiro atoms. The Hall–Kier alpha value is -2.89. The highest BCUT2D eigenvalue weighted by Crippen LogP contribution is 2.39. The number of rotatable bonds is 4. The molecule has 0 radical (unpaired) electrons. The first-order valence-electron chi connectivity index (χ1n) is 9.78. The lowest BCUT2D eigenvalue weighted by Crippen LogP contribution is -2.50. The van der Waals surface area contributed by atoms with Crippen LogP contribution >= 0.6 is 0 Å². The first-order chi connectivity index (χ1) is 13.6. The molecule has 1 aromatic heterocycles. The summed E-state index contributed by atoms with van der Waals surface area (Å²) in [5.41, 5.74) is 5.30. The molecule has 1 saturated carbocycles. The average Bonchev–Trinajstić information content (AvgIpc) is 2.72. The molecular formula is C23H24N4O. The Morgan fingerprint density at radius 3 is 2.64 bits per heavy atom. The van der Waals surface area contributed by atoms with E-state index < -0.39 is 0 Å². The minimum absolute atomic E-state index is 0.0361. The van der Waals surface area contributed by atoms with E-state index in [2.05, 4.69) is 34.4 Å². The molecule has 1 fully saturated rings. The van der Waals surface area contributed by atoms with Gasteiger partial charge in [-0.2, -0.15) is 5.26 Å². The number of benzene rings is 1. The number of hydrogen-bond donors (Lipinski definition) is 1. The molecule has 1 N–H and O–H groups in total. The van der Waals surface area contributed by atoms with Gasteiger partial charge in [0, 0.05) is 29.8 Å². The van der Waals surface area contributed by atoms with Crippen LogP contribution in [0.2, 0.25) is 0 Å². The highest BCUT2D eigenvalue weighted by Gasteiger charge is 2.41. The summed E-state index contributed by atoms with van der Waals surface area (Å²) in [7, 11) is 1.77. The lowest BCUT2D eigenvalue weighted by atomic mass is 9.77. The summed E-state index contributed by atoms with van der Waals surface area (Å²) in [6.07, 6.45) is 11.6. The molecule has 0 saturated heterocycles. The van der Waals surface area contributed by atoms with Crippen LogP contribution in [0.1, 0.15) is 54.9 Å². The molecule has 0 atom stereocenters. The third-order valence-electron chi connectivity index (χ3n) is 6.04. The van der Waals surface area contributed by atoms with Crippen molar-refractivity contribution in [3.05, 3.63) is 40.5 Å². The fourth-order valence-electron chi connectivity index (χ4n) is 4.36. The Morgan fingerprint density at radius 1 is 1.21 bits per heavy atom. The van der Waals surface area contributed by atoms with Gasteiger partial charge in [-0.05, 0) is 63.1 Å². The Kier molecular flexibility index (Phi) is 4.79. The van der Waals surface area contributed by atoms with Crippen LogP contribution in [0.4, 0.5) is 5.82 Å². The van der Waals surface area contributed by atoms with E-state index in [0.717, 1.165) is 55.6 Å². The second kappa shape index (κ2) is 7.26. The monoisotopic (exact) mass is 372 g/mol. The zero-order valence-corrected chi connectivity index (χ0v) is 16.4. The minimum Gasteiger partial charge on any atom is -0.378 e. The second-order valence-electron chi connectivity index (χ2n) is 7.98. The van der Waals surface area contributed by atoms with Crippen molar-refractivity contribution in [1.29, 1.82) is 5.26 Å². The van der Waals surface area contributed by atoms with E-state index >= 15 is 0 Å². The van der Waals surface area contributed by atoms with E-state index in [9.17, 15) is 5.26 Å². The first kappa shape index (κ1) is 18.5. The fraction of sp³-hybridized carbons (Fsp3) is 0.435. The van der Waals surface area contributed by atoms with Crippen molar-refractivity contribution < 1.29 is 4.74 Å². The number of methoxy groups -OCH3 is 1. The Bertz CT molecular complexity index is 993. The number of hydrogen-bond acceptors (Lipinski definition) is 5. The van der Waals surface area contributed by atoms with E-state index in [4.69, 9.17) is 11.2 Å². The lowest BCUT2D eigenvalue weighted by Gasteiger charge is -2.44. The predicted octanol–water partition coefficient (Wildman–Crippen LogP) is 3.85. The van der Waals surface area contributed by atoms with E-state index in [1.165, 1.54) is 11.1 Å². The van der Waals surface area contributed by atoms with E-state index in [-0.39, 0.29) is 5.60 Å². The number of nitrogens with one attached hydrogen (secondary N) is 1. The highest BCUT2D eigenvalue weighted by atomic mass is 16.5. The van der Waals surface area contributed by atoms with Crippen LogP contribution in [0.5, 0.6) is 0 Å². The second-order valence-corrected chi connectivity index (χ2v) is 7.98. The molecule has 0 aliphatic heterocycles. The molecule has 1 heterocycles. The average molecular weight is 372 g/mol. The van der Waals surface area contributed by atoms with Gasteiger partial charge in [-0.25, -0.2) is 0 Å². The van der Waals surface area contributed by atoms with Crippen molar-refractivity contribution in [2.24, 2.45) is 0 Å². The van der Waals surface area contributed by atoms with Crippen molar-refractivity contribution in [3.63, 3.8) is 0 Å². The summed E-state index contributed by atoms with van der Waals surface area (Å²) in [5.74, 6) is 3.48. The van der Waals surface area contributed by atoms with Crippen LogP contribution in [0.25, 0.3) is 11.3 Å². The standard InChI is InChI=1S/C23H24N4O/c1-4-15-9-10-18(16(11-15)14-24)21-19-7-5-6-8-20(19)22(27-26-21)25-17-12-23(2,13-17)28-3/h1,9-11,17H,5-8,12-13H2,2-3H3,(H,25,27). The van der Waals surface area contributed by atoms with Crippen molar-refractivity contribution in [2.75, 3.05) is 12.4 Å². The molecule has 2 aliphatic carbocycles. The van der Waals surface area contributed by atoms with Crippen LogP contribution in [-0.4, -0.2) is 29.0 Å². The number of aromatic nitrogens is 2. The van der Waals surface area contributed by atoms with Gasteiger partial charge in [0.2, 0.25) is 0 Å². The molecule has 1 aromatic carbocycles. The van der Waals surface area contributed by atoms with Crippen molar-refractivity contribution in [3.8, 4) is 29.7 Å². The van der Waals surface area contributed by atoms with E-state index in [1.807, 2.05) is 12.1 Å². The highest BCUT2D eigenvalue weighted by molar-refractivity contribution is 5.74. The van der Waals surface area contributed by atoms with Crippen molar-refractivity contribution in [1.82, 2.24) is 10.2 Å². The van der Waals surface area contributed by atoms with Crippen LogP contribution < -0.4 is 5.32 Å². The van der Waals surface area contributed by atoms with Gasteiger partial charge < -0.3 is 10.1 Å². The quantitative estimate of drug-likeness (QED) is 0.826. The molecule has 5 nitrogen and oxygen atoms in total. The molecule has 0 unspecified atom stereocenters. The van der Waals surface area contributed by atoms with Gasteiger partial charge in [0.25, 0.3) is 0 Å². The molecule has 0 amide bonds. The topological polar surface area (TPSA) is 70.8 Å². The van der Waals surface area contributed by atoms with Gasteiger partial charge in [-0.3, -0.25) is 0 Å². The molecular weight excluding hydrogens is 348 g/mol. The third-order valence-corrected chi connectivity index (χ3v) is 6.04. The predicted molar refractivity (Wildman–Crippen MR) is 109 cm³/mol. The number of fused-ring (bicyclic) bond motifs is 1. The smallest absolute Gasteiger partial charge is 0.152 e. The van der Waals surface area contributed by atoms with Crippen LogP contribution in [0.3, 0.4) is 0 Å². The van der Waals surface area contributed by atoms with Crippen molar-refractivity contribution >= 4 is 5.82 Å². The zero-order valence-electron chi connectivity index (χ0n) is 16.4. The van der Waals surface area contributed by atoms with E-state index in [1.54, 1.807) is 13.2 Å². The summed E-state index contributed by atoms with van der Waals surface area (Å²) in [5, 5.41) is 22.3. The van der Waals surface area contributed by atoms with Gasteiger partial charge in [0.15, 0.2) is 5.82 Å². The van der Waals surface area contributed by atoms with Gasteiger partial charge in [0.1, 0.15) is 0 Å². The Labute approximate surface area is 166 Å². The summed E-state index contributed by atoms with van der Waals surface area (Å²) < 4.78 is 5.55. The maximum absolute atomic E-state index is 9.60. The maximum atomic E-state index is 9.60. The molecule has 4 rings (SSSR count). The SMILES string of the molecule is C#Cc1ccc(-c2nnc(NC3CC(C)(OC)C3)c3c2CCCC3)c(C#N)c1. The van der Waals surface area contributed by atoms with Crippen LogP contribution in [-0.2, 0) is 17.6 Å². The van der Waals surface area contributed by atoms with Gasteiger partial charge >= 0.3 is 0 Å².